The Kier molecular flexibility index (Phi) is 2.10. The summed E-state index contributed by atoms with van der Waals surface area (Å²) in [5.74, 6) is 0.760. The van der Waals surface area contributed by atoms with E-state index in [1.54, 1.807) is 12.4 Å². The molecule has 0 aliphatic heterocycles. The van der Waals surface area contributed by atoms with Gasteiger partial charge in [-0.25, -0.2) is 0 Å². The van der Waals surface area contributed by atoms with E-state index in [1.165, 1.54) is 24.4 Å². The summed E-state index contributed by atoms with van der Waals surface area (Å²) in [4.78, 5) is 8.46. The van der Waals surface area contributed by atoms with E-state index in [0.717, 1.165) is 16.5 Å². The van der Waals surface area contributed by atoms with Crippen LogP contribution < -0.4 is 5.32 Å². The van der Waals surface area contributed by atoms with Crippen LogP contribution in [0.3, 0.4) is 0 Å². The Morgan fingerprint density at radius 1 is 1.40 bits per heavy atom. The first kappa shape index (κ1) is 8.79. The molecule has 2 heterocycles. The Morgan fingerprint density at radius 3 is 3.07 bits per heavy atom. The lowest BCUT2D eigenvalue weighted by Gasteiger charge is -1.95. The molecule has 1 aliphatic rings. The van der Waals surface area contributed by atoms with E-state index < -0.39 is 0 Å². The summed E-state index contributed by atoms with van der Waals surface area (Å²) in [7, 11) is 0. The Morgan fingerprint density at radius 2 is 2.33 bits per heavy atom. The summed E-state index contributed by atoms with van der Waals surface area (Å²) in [5.41, 5.74) is 0.970. The monoisotopic (exact) mass is 218 g/mol. The first-order valence-corrected chi connectivity index (χ1v) is 5.70. The van der Waals surface area contributed by atoms with Crippen LogP contribution in [0.5, 0.6) is 0 Å². The second-order valence-electron chi connectivity index (χ2n) is 3.58. The highest BCUT2D eigenvalue weighted by atomic mass is 32.1. The summed E-state index contributed by atoms with van der Waals surface area (Å²) in [6.45, 7) is 0. The highest BCUT2D eigenvalue weighted by Crippen LogP contribution is 2.27. The van der Waals surface area contributed by atoms with Crippen molar-refractivity contribution in [2.24, 2.45) is 0 Å². The lowest BCUT2D eigenvalue weighted by molar-refractivity contribution is 1.14. The predicted molar refractivity (Wildman–Crippen MR) is 59.8 cm³/mol. The smallest absolute Gasteiger partial charge is 0.203 e. The summed E-state index contributed by atoms with van der Waals surface area (Å²) >= 11 is 1.41. The number of pyridine rings is 1. The molecular weight excluding hydrogens is 208 g/mol. The zero-order chi connectivity index (χ0) is 10.1. The van der Waals surface area contributed by atoms with E-state index in [1.807, 2.05) is 12.1 Å². The van der Waals surface area contributed by atoms with Crippen LogP contribution in [0.15, 0.2) is 24.5 Å². The molecule has 0 atom stereocenters. The van der Waals surface area contributed by atoms with Crippen LogP contribution in [0.4, 0.5) is 5.13 Å². The molecule has 5 heteroatoms. The van der Waals surface area contributed by atoms with Gasteiger partial charge in [0.2, 0.25) is 5.13 Å². The van der Waals surface area contributed by atoms with Gasteiger partial charge in [-0.05, 0) is 25.0 Å². The van der Waals surface area contributed by atoms with E-state index >= 15 is 0 Å². The Hall–Kier alpha value is -1.49. The fourth-order valence-electron chi connectivity index (χ4n) is 1.30. The molecule has 0 unspecified atom stereocenters. The van der Waals surface area contributed by atoms with Crippen LogP contribution in [-0.2, 0) is 0 Å². The third-order valence-electron chi connectivity index (χ3n) is 2.25. The molecular formula is C10H10N4S. The van der Waals surface area contributed by atoms with E-state index in [-0.39, 0.29) is 0 Å². The third kappa shape index (κ3) is 1.97. The Bertz CT molecular complexity index is 449. The van der Waals surface area contributed by atoms with E-state index in [2.05, 4.69) is 19.7 Å². The minimum atomic E-state index is 0.625. The maximum absolute atomic E-state index is 4.42. The molecule has 1 N–H and O–H groups in total. The van der Waals surface area contributed by atoms with Crippen LogP contribution in [0.25, 0.3) is 11.4 Å². The maximum atomic E-state index is 4.42. The molecule has 0 amide bonds. The van der Waals surface area contributed by atoms with Gasteiger partial charge in [0.15, 0.2) is 5.82 Å². The van der Waals surface area contributed by atoms with Crippen LogP contribution >= 0.6 is 11.5 Å². The van der Waals surface area contributed by atoms with E-state index in [0.29, 0.717) is 6.04 Å². The number of rotatable bonds is 3. The molecule has 4 nitrogen and oxygen atoms in total. The number of nitrogens with one attached hydrogen (secondary N) is 1. The highest BCUT2D eigenvalue weighted by molar-refractivity contribution is 7.09. The number of nitrogens with zero attached hydrogens (tertiary/aromatic N) is 3. The summed E-state index contributed by atoms with van der Waals surface area (Å²) < 4.78 is 4.30. The van der Waals surface area contributed by atoms with E-state index in [9.17, 15) is 0 Å². The van der Waals surface area contributed by atoms with Crippen molar-refractivity contribution in [1.29, 1.82) is 0 Å². The van der Waals surface area contributed by atoms with Crippen LogP contribution in [0.2, 0.25) is 0 Å². The van der Waals surface area contributed by atoms with Crippen molar-refractivity contribution in [3.05, 3.63) is 24.5 Å². The van der Waals surface area contributed by atoms with Gasteiger partial charge in [0.25, 0.3) is 0 Å². The largest absolute Gasteiger partial charge is 0.358 e. The topological polar surface area (TPSA) is 50.7 Å². The molecule has 15 heavy (non-hydrogen) atoms. The van der Waals surface area contributed by atoms with Crippen LogP contribution in [0.1, 0.15) is 12.8 Å². The van der Waals surface area contributed by atoms with Crippen LogP contribution in [0, 0.1) is 0 Å². The van der Waals surface area contributed by atoms with Gasteiger partial charge in [0, 0.05) is 35.5 Å². The quantitative estimate of drug-likeness (QED) is 0.857. The predicted octanol–water partition coefficient (Wildman–Crippen LogP) is 2.17. The first-order chi connectivity index (χ1) is 7.42. The molecule has 2 aromatic heterocycles. The lowest BCUT2D eigenvalue weighted by atomic mass is 10.3. The summed E-state index contributed by atoms with van der Waals surface area (Å²) in [6, 6.07) is 4.49. The van der Waals surface area contributed by atoms with Crippen molar-refractivity contribution in [3.63, 3.8) is 0 Å². The molecule has 0 bridgehead atoms. The van der Waals surface area contributed by atoms with Gasteiger partial charge in [-0.1, -0.05) is 0 Å². The molecule has 3 rings (SSSR count). The molecule has 1 saturated carbocycles. The fourth-order valence-corrected chi connectivity index (χ4v) is 1.96. The molecule has 0 radical (unpaired) electrons. The fraction of sp³-hybridized carbons (Fsp3) is 0.300. The second kappa shape index (κ2) is 3.58. The van der Waals surface area contributed by atoms with Crippen LogP contribution in [-0.4, -0.2) is 20.4 Å². The molecule has 0 saturated heterocycles. The van der Waals surface area contributed by atoms with Crippen molar-refractivity contribution in [2.45, 2.75) is 18.9 Å². The van der Waals surface area contributed by atoms with Crippen molar-refractivity contribution in [1.82, 2.24) is 14.3 Å². The first-order valence-electron chi connectivity index (χ1n) is 4.92. The number of anilines is 1. The standard InChI is InChI=1S/C10H10N4S/c1-2-7(6-11-5-1)9-13-10(15-14-9)12-8-3-4-8/h1-2,5-6,8H,3-4H2,(H,12,13,14). The zero-order valence-electron chi connectivity index (χ0n) is 8.05. The number of hydrogen-bond acceptors (Lipinski definition) is 5. The zero-order valence-corrected chi connectivity index (χ0v) is 8.87. The summed E-state index contributed by atoms with van der Waals surface area (Å²) in [6.07, 6.45) is 6.03. The van der Waals surface area contributed by atoms with E-state index in [4.69, 9.17) is 0 Å². The summed E-state index contributed by atoms with van der Waals surface area (Å²) in [5, 5.41) is 4.24. The average Bonchev–Trinajstić information content (AvgIpc) is 2.96. The average molecular weight is 218 g/mol. The third-order valence-corrected chi connectivity index (χ3v) is 2.90. The van der Waals surface area contributed by atoms with Crippen molar-refractivity contribution < 1.29 is 0 Å². The maximum Gasteiger partial charge on any atom is 0.203 e. The lowest BCUT2D eigenvalue weighted by Crippen LogP contribution is -1.99. The molecule has 2 aromatic rings. The second-order valence-corrected chi connectivity index (χ2v) is 4.34. The molecule has 1 fully saturated rings. The number of aromatic nitrogens is 3. The molecule has 1 aliphatic carbocycles. The van der Waals surface area contributed by atoms with Gasteiger partial charge in [-0.3, -0.25) is 4.98 Å². The van der Waals surface area contributed by atoms with Crippen molar-refractivity contribution >= 4 is 16.7 Å². The minimum Gasteiger partial charge on any atom is -0.358 e. The number of hydrogen-bond donors (Lipinski definition) is 1. The van der Waals surface area contributed by atoms with Gasteiger partial charge in [-0.15, -0.1) is 0 Å². The van der Waals surface area contributed by atoms with Crippen molar-refractivity contribution in [3.8, 4) is 11.4 Å². The molecule has 0 aromatic carbocycles. The Balaban J connectivity index is 1.83. The van der Waals surface area contributed by atoms with Gasteiger partial charge < -0.3 is 5.32 Å². The van der Waals surface area contributed by atoms with Gasteiger partial charge in [0.1, 0.15) is 0 Å². The van der Waals surface area contributed by atoms with Gasteiger partial charge in [-0.2, -0.15) is 9.36 Å². The van der Waals surface area contributed by atoms with Gasteiger partial charge >= 0.3 is 0 Å². The van der Waals surface area contributed by atoms with Crippen molar-refractivity contribution in [2.75, 3.05) is 5.32 Å². The highest BCUT2D eigenvalue weighted by Gasteiger charge is 2.22. The Labute approximate surface area is 91.6 Å². The minimum absolute atomic E-state index is 0.625. The molecule has 0 spiro atoms. The SMILES string of the molecule is c1cncc(-c2nsc(NC3CC3)n2)c1. The van der Waals surface area contributed by atoms with Gasteiger partial charge in [0.05, 0.1) is 0 Å². The normalized spacial score (nSPS) is 15.2. The molecule has 76 valence electrons.